The Bertz CT molecular complexity index is 1730. The highest BCUT2D eigenvalue weighted by atomic mass is 32.2. The van der Waals surface area contributed by atoms with Gasteiger partial charge in [-0.25, -0.2) is 17.2 Å². The first-order chi connectivity index (χ1) is 21.6. The summed E-state index contributed by atoms with van der Waals surface area (Å²) in [6, 6.07) is 23.6. The van der Waals surface area contributed by atoms with E-state index in [-0.39, 0.29) is 35.5 Å². The van der Waals surface area contributed by atoms with E-state index in [4.69, 9.17) is 0 Å². The number of aliphatic hydroxyl groups excluding tert-OH is 1. The lowest BCUT2D eigenvalue weighted by atomic mass is 10.00. The third-order valence-electron chi connectivity index (χ3n) is 8.09. The second-order valence-corrected chi connectivity index (χ2v) is 13.3. The fraction of sp³-hybridized carbons (Fsp3) is 0.286. The molecule has 2 atom stereocenters. The molecule has 1 amide bonds. The van der Waals surface area contributed by atoms with Crippen LogP contribution in [0.4, 0.5) is 8.78 Å². The predicted octanol–water partition coefficient (Wildman–Crippen LogP) is 4.77. The van der Waals surface area contributed by atoms with Gasteiger partial charge in [-0.3, -0.25) is 4.79 Å². The summed E-state index contributed by atoms with van der Waals surface area (Å²) in [5.74, 6) is -2.07. The predicted molar refractivity (Wildman–Crippen MR) is 169 cm³/mol. The van der Waals surface area contributed by atoms with Crippen LogP contribution in [0.15, 0.2) is 95.9 Å². The van der Waals surface area contributed by atoms with Crippen molar-refractivity contribution in [1.82, 2.24) is 14.9 Å². The minimum absolute atomic E-state index is 0.0303. The van der Waals surface area contributed by atoms with Gasteiger partial charge in [0.1, 0.15) is 11.6 Å². The van der Waals surface area contributed by atoms with E-state index in [2.05, 4.69) is 23.6 Å². The van der Waals surface area contributed by atoms with E-state index in [1.165, 1.54) is 34.1 Å². The van der Waals surface area contributed by atoms with Crippen molar-refractivity contribution >= 4 is 15.9 Å². The van der Waals surface area contributed by atoms with E-state index in [1.807, 2.05) is 42.5 Å². The zero-order valence-corrected chi connectivity index (χ0v) is 25.9. The van der Waals surface area contributed by atoms with Crippen molar-refractivity contribution in [1.29, 1.82) is 0 Å². The zero-order chi connectivity index (χ0) is 32.0. The van der Waals surface area contributed by atoms with Gasteiger partial charge in [0.2, 0.25) is 10.0 Å². The Morgan fingerprint density at radius 2 is 1.58 bits per heavy atom. The monoisotopic (exact) mass is 633 g/mol. The molecule has 1 aliphatic rings. The summed E-state index contributed by atoms with van der Waals surface area (Å²) in [4.78, 5) is 13.4. The lowest BCUT2D eigenvalue weighted by molar-refractivity contribution is 0.0829. The van der Waals surface area contributed by atoms with Gasteiger partial charge in [0.25, 0.3) is 5.91 Å². The average Bonchev–Trinajstić information content (AvgIpc) is 3.03. The maximum Gasteiger partial charge on any atom is 0.251 e. The molecule has 0 fully saturated rings. The summed E-state index contributed by atoms with van der Waals surface area (Å²) < 4.78 is 56.1. The Kier molecular flexibility index (Phi) is 10.4. The Labute approximate surface area is 263 Å². The van der Waals surface area contributed by atoms with E-state index in [9.17, 15) is 27.1 Å². The number of amides is 1. The highest BCUT2D eigenvalue weighted by Gasteiger charge is 2.29. The van der Waals surface area contributed by atoms with Crippen molar-refractivity contribution in [3.05, 3.63) is 136 Å². The van der Waals surface area contributed by atoms with Crippen molar-refractivity contribution in [2.75, 3.05) is 13.1 Å². The van der Waals surface area contributed by atoms with E-state index < -0.39 is 39.7 Å². The maximum atomic E-state index is 13.9. The molecule has 1 heterocycles. The highest BCUT2D eigenvalue weighted by molar-refractivity contribution is 7.89. The number of benzene rings is 4. The number of aliphatic hydroxyl groups is 1. The van der Waals surface area contributed by atoms with Crippen molar-refractivity contribution in [2.45, 2.75) is 56.3 Å². The molecular formula is C35H37F2N3O4S. The molecule has 3 N–H and O–H groups in total. The van der Waals surface area contributed by atoms with Crippen LogP contribution < -0.4 is 10.6 Å². The molecule has 5 rings (SSSR count). The van der Waals surface area contributed by atoms with Crippen LogP contribution >= 0.6 is 0 Å². The van der Waals surface area contributed by atoms with E-state index in [0.717, 1.165) is 41.3 Å². The molecule has 4 aromatic rings. The quantitative estimate of drug-likeness (QED) is 0.209. The highest BCUT2D eigenvalue weighted by Crippen LogP contribution is 2.25. The molecule has 10 heteroatoms. The van der Waals surface area contributed by atoms with E-state index >= 15 is 0 Å². The number of hydrogen-bond acceptors (Lipinski definition) is 5. The molecule has 0 aromatic heterocycles. The summed E-state index contributed by atoms with van der Waals surface area (Å²) in [7, 11) is -3.79. The molecule has 0 saturated heterocycles. The number of nitrogens with one attached hydrogen (secondary N) is 2. The Morgan fingerprint density at radius 1 is 0.889 bits per heavy atom. The molecular weight excluding hydrogens is 596 g/mol. The second kappa shape index (κ2) is 14.4. The molecule has 7 nitrogen and oxygen atoms in total. The smallest absolute Gasteiger partial charge is 0.251 e. The van der Waals surface area contributed by atoms with Gasteiger partial charge in [-0.1, -0.05) is 55.5 Å². The van der Waals surface area contributed by atoms with Gasteiger partial charge in [-0.2, -0.15) is 4.31 Å². The standard InChI is InChI=1S/C35H37F2N3O4S/c1-2-24-6-5-7-25(16-24)21-38-22-34(41)33(19-26-17-30(36)20-31(37)18-26)39-35(42)28-10-12-32(13-11-28)45(43,44)40-15-14-27-8-3-4-9-29(27)23-40/h3-13,16-18,20,33-34,38,41H,2,14-15,19,21-23H2,1H3,(H,39,42)/t33-,34-/m0/s1. The summed E-state index contributed by atoms with van der Waals surface area (Å²) in [6.45, 7) is 3.30. The first-order valence-corrected chi connectivity index (χ1v) is 16.5. The van der Waals surface area contributed by atoms with Gasteiger partial charge in [0, 0.05) is 37.8 Å². The Hall–Kier alpha value is -3.96. The van der Waals surface area contributed by atoms with Crippen LogP contribution in [-0.2, 0) is 42.4 Å². The SMILES string of the molecule is CCc1cccc(CNC[C@H](O)[C@H](Cc2cc(F)cc(F)c2)NC(=O)c2ccc(S(=O)(=O)N3CCc4ccccc4C3)cc2)c1. The number of fused-ring (bicyclic) bond motifs is 1. The lowest BCUT2D eigenvalue weighted by Gasteiger charge is -2.28. The van der Waals surface area contributed by atoms with E-state index in [0.29, 0.717) is 19.5 Å². The topological polar surface area (TPSA) is 98.7 Å². The van der Waals surface area contributed by atoms with Gasteiger partial charge in [-0.15, -0.1) is 0 Å². The van der Waals surface area contributed by atoms with Crippen molar-refractivity contribution in [2.24, 2.45) is 0 Å². The lowest BCUT2D eigenvalue weighted by Crippen LogP contribution is -2.48. The number of hydrogen-bond donors (Lipinski definition) is 3. The minimum Gasteiger partial charge on any atom is -0.390 e. The van der Waals surface area contributed by atoms with Gasteiger partial charge in [-0.05, 0) is 83.5 Å². The third kappa shape index (κ3) is 8.20. The molecule has 1 aliphatic heterocycles. The normalized spacial score (nSPS) is 14.8. The van der Waals surface area contributed by atoms with E-state index in [1.54, 1.807) is 0 Å². The number of rotatable bonds is 12. The second-order valence-electron chi connectivity index (χ2n) is 11.3. The van der Waals surface area contributed by atoms with Gasteiger partial charge >= 0.3 is 0 Å². The zero-order valence-electron chi connectivity index (χ0n) is 25.0. The summed E-state index contributed by atoms with van der Waals surface area (Å²) >= 11 is 0. The number of nitrogens with zero attached hydrogens (tertiary/aromatic N) is 1. The van der Waals surface area contributed by atoms with Crippen molar-refractivity contribution in [3.63, 3.8) is 0 Å². The molecule has 0 saturated carbocycles. The van der Waals surface area contributed by atoms with Crippen LogP contribution in [0.25, 0.3) is 0 Å². The number of sulfonamides is 1. The molecule has 0 unspecified atom stereocenters. The molecule has 0 bridgehead atoms. The fourth-order valence-corrected chi connectivity index (χ4v) is 7.01. The van der Waals surface area contributed by atoms with Crippen LogP contribution in [0, 0.1) is 11.6 Å². The molecule has 45 heavy (non-hydrogen) atoms. The molecule has 0 radical (unpaired) electrons. The van der Waals surface area contributed by atoms with Crippen LogP contribution in [0.3, 0.4) is 0 Å². The average molecular weight is 634 g/mol. The summed E-state index contributed by atoms with van der Waals surface area (Å²) in [5.41, 5.74) is 4.79. The number of carbonyl (C=O) groups is 1. The van der Waals surface area contributed by atoms with Crippen LogP contribution in [0.2, 0.25) is 0 Å². The Balaban J connectivity index is 1.27. The number of carbonyl (C=O) groups excluding carboxylic acids is 1. The van der Waals surface area contributed by atoms with Gasteiger partial charge in [0.15, 0.2) is 0 Å². The number of halogens is 2. The van der Waals surface area contributed by atoms with Gasteiger partial charge in [0.05, 0.1) is 17.0 Å². The molecule has 4 aromatic carbocycles. The van der Waals surface area contributed by atoms with Crippen LogP contribution in [-0.4, -0.2) is 49.0 Å². The molecule has 236 valence electrons. The van der Waals surface area contributed by atoms with Crippen LogP contribution in [0.1, 0.15) is 45.1 Å². The molecule has 0 aliphatic carbocycles. The van der Waals surface area contributed by atoms with Crippen molar-refractivity contribution in [3.8, 4) is 0 Å². The van der Waals surface area contributed by atoms with Crippen molar-refractivity contribution < 1.29 is 27.1 Å². The first-order valence-electron chi connectivity index (χ1n) is 15.0. The maximum absolute atomic E-state index is 13.9. The first kappa shape index (κ1) is 32.4. The largest absolute Gasteiger partial charge is 0.390 e. The summed E-state index contributed by atoms with van der Waals surface area (Å²) in [6.07, 6.45) is 0.386. The summed E-state index contributed by atoms with van der Waals surface area (Å²) in [5, 5.41) is 17.1. The van der Waals surface area contributed by atoms with Crippen LogP contribution in [0.5, 0.6) is 0 Å². The number of aryl methyl sites for hydroxylation is 1. The minimum atomic E-state index is -3.79. The fourth-order valence-electron chi connectivity index (χ4n) is 5.59. The Morgan fingerprint density at radius 3 is 2.29 bits per heavy atom. The third-order valence-corrected chi connectivity index (χ3v) is 9.95. The van der Waals surface area contributed by atoms with Gasteiger partial charge < -0.3 is 15.7 Å². The molecule has 0 spiro atoms.